The van der Waals surface area contributed by atoms with Gasteiger partial charge in [-0.1, -0.05) is 39.7 Å². The van der Waals surface area contributed by atoms with Gasteiger partial charge in [-0.3, -0.25) is 24.1 Å². The molecule has 9 heteroatoms. The number of benzene rings is 2. The van der Waals surface area contributed by atoms with Crippen LogP contribution in [0.5, 0.6) is 0 Å². The molecular formula is C21H19BrClN3O4. The molecule has 0 spiro atoms. The van der Waals surface area contributed by atoms with E-state index in [1.54, 1.807) is 42.5 Å². The maximum atomic E-state index is 12.4. The summed E-state index contributed by atoms with van der Waals surface area (Å²) < 4.78 is 0.719. The molecule has 156 valence electrons. The number of nitrogens with one attached hydrogen (secondary N) is 1. The molecule has 0 saturated carbocycles. The predicted octanol–water partition coefficient (Wildman–Crippen LogP) is 3.58. The quantitative estimate of drug-likeness (QED) is 0.599. The molecule has 0 radical (unpaired) electrons. The first kappa shape index (κ1) is 22.0. The highest BCUT2D eigenvalue weighted by molar-refractivity contribution is 9.10. The minimum Gasteiger partial charge on any atom is -0.336 e. The van der Waals surface area contributed by atoms with Crippen molar-refractivity contribution in [1.82, 2.24) is 9.80 Å². The number of likely N-dealkylation sites (N-methyl/N-ethyl adjacent to an activating group) is 1. The molecule has 0 atom stereocenters. The van der Waals surface area contributed by atoms with Gasteiger partial charge in [-0.25, -0.2) is 0 Å². The number of hydrogen-bond donors (Lipinski definition) is 1. The molecule has 3 rings (SSSR count). The van der Waals surface area contributed by atoms with Crippen molar-refractivity contribution in [3.8, 4) is 0 Å². The molecule has 4 amide bonds. The largest absolute Gasteiger partial charge is 0.336 e. The van der Waals surface area contributed by atoms with Crippen LogP contribution in [0.3, 0.4) is 0 Å². The highest BCUT2D eigenvalue weighted by Gasteiger charge is 2.35. The molecule has 2 aromatic carbocycles. The van der Waals surface area contributed by atoms with E-state index in [4.69, 9.17) is 11.6 Å². The number of imide groups is 1. The number of nitrogens with zero attached hydrogens (tertiary/aromatic N) is 2. The molecule has 0 saturated heterocycles. The molecule has 0 fully saturated rings. The fourth-order valence-electron chi connectivity index (χ4n) is 3.10. The van der Waals surface area contributed by atoms with Crippen LogP contribution >= 0.6 is 27.5 Å². The maximum absolute atomic E-state index is 12.4. The Bertz CT molecular complexity index is 1030. The van der Waals surface area contributed by atoms with Crippen LogP contribution in [0.4, 0.5) is 5.69 Å². The van der Waals surface area contributed by atoms with Gasteiger partial charge < -0.3 is 10.2 Å². The number of carbonyl (C=O) groups is 4. The average Bonchev–Trinajstić information content (AvgIpc) is 2.93. The van der Waals surface area contributed by atoms with Crippen LogP contribution in [-0.2, 0) is 9.59 Å². The number of para-hydroxylation sites is 1. The lowest BCUT2D eigenvalue weighted by molar-refractivity contribution is -0.133. The first-order valence-electron chi connectivity index (χ1n) is 9.22. The summed E-state index contributed by atoms with van der Waals surface area (Å²) >= 11 is 9.30. The van der Waals surface area contributed by atoms with Crippen molar-refractivity contribution in [2.75, 3.05) is 25.5 Å². The fourth-order valence-corrected chi connectivity index (χ4v) is 3.65. The summed E-state index contributed by atoms with van der Waals surface area (Å²) in [4.78, 5) is 51.8. The summed E-state index contributed by atoms with van der Waals surface area (Å²) in [5.74, 6) is -1.35. The van der Waals surface area contributed by atoms with Crippen LogP contribution in [0.1, 0.15) is 33.6 Å². The lowest BCUT2D eigenvalue weighted by atomic mass is 10.1. The zero-order valence-corrected chi connectivity index (χ0v) is 18.5. The van der Waals surface area contributed by atoms with E-state index in [0.29, 0.717) is 28.3 Å². The van der Waals surface area contributed by atoms with E-state index in [2.05, 4.69) is 21.2 Å². The van der Waals surface area contributed by atoms with Gasteiger partial charge in [0.25, 0.3) is 11.8 Å². The van der Waals surface area contributed by atoms with E-state index in [9.17, 15) is 19.2 Å². The third-order valence-corrected chi connectivity index (χ3v) is 5.48. The third-order valence-electron chi connectivity index (χ3n) is 4.66. The smallest absolute Gasteiger partial charge is 0.261 e. The zero-order chi connectivity index (χ0) is 21.8. The van der Waals surface area contributed by atoms with Crippen molar-refractivity contribution in [3.63, 3.8) is 0 Å². The summed E-state index contributed by atoms with van der Waals surface area (Å²) in [5.41, 5.74) is 1.19. The second-order valence-corrected chi connectivity index (χ2v) is 8.16. The molecule has 1 aliphatic rings. The second-order valence-electron chi connectivity index (χ2n) is 6.83. The lowest BCUT2D eigenvalue weighted by Crippen LogP contribution is -2.36. The average molecular weight is 493 g/mol. The molecule has 0 aromatic heterocycles. The number of rotatable bonds is 7. The SMILES string of the molecule is CN(CC(=O)Nc1ccccc1Cl)C(=O)CCCN1C(=O)c2ccc(Br)cc2C1=O. The van der Waals surface area contributed by atoms with Crippen LogP contribution in [0.25, 0.3) is 0 Å². The molecule has 7 nitrogen and oxygen atoms in total. The Morgan fingerprint density at radius 2 is 1.80 bits per heavy atom. The van der Waals surface area contributed by atoms with Crippen LogP contribution in [-0.4, -0.2) is 53.6 Å². The number of hydrogen-bond acceptors (Lipinski definition) is 4. The Kier molecular flexibility index (Phi) is 6.89. The van der Waals surface area contributed by atoms with E-state index >= 15 is 0 Å². The minimum atomic E-state index is -0.370. The van der Waals surface area contributed by atoms with Gasteiger partial charge in [0, 0.05) is 24.5 Å². The summed E-state index contributed by atoms with van der Waals surface area (Å²) in [6, 6.07) is 11.8. The van der Waals surface area contributed by atoms with E-state index in [1.165, 1.54) is 11.9 Å². The summed E-state index contributed by atoms with van der Waals surface area (Å²) in [6.45, 7) is 0.000462. The third kappa shape index (κ3) is 4.88. The monoisotopic (exact) mass is 491 g/mol. The van der Waals surface area contributed by atoms with Crippen molar-refractivity contribution < 1.29 is 19.2 Å². The second kappa shape index (κ2) is 9.40. The van der Waals surface area contributed by atoms with Crippen molar-refractivity contribution in [1.29, 1.82) is 0 Å². The van der Waals surface area contributed by atoms with E-state index in [1.807, 2.05) is 0 Å². The Hall–Kier alpha value is -2.71. The molecular weight excluding hydrogens is 474 g/mol. The van der Waals surface area contributed by atoms with Crippen LogP contribution < -0.4 is 5.32 Å². The normalized spacial score (nSPS) is 12.7. The Morgan fingerprint density at radius 1 is 1.10 bits per heavy atom. The van der Waals surface area contributed by atoms with Gasteiger partial charge in [-0.05, 0) is 36.8 Å². The van der Waals surface area contributed by atoms with Crippen molar-refractivity contribution >= 4 is 56.8 Å². The van der Waals surface area contributed by atoms with Crippen LogP contribution in [0, 0.1) is 0 Å². The molecule has 1 aliphatic heterocycles. The Balaban J connectivity index is 1.47. The van der Waals surface area contributed by atoms with Crippen LogP contribution in [0.15, 0.2) is 46.9 Å². The number of carbonyl (C=O) groups excluding carboxylic acids is 4. The van der Waals surface area contributed by atoms with Crippen molar-refractivity contribution in [2.24, 2.45) is 0 Å². The van der Waals surface area contributed by atoms with Gasteiger partial charge in [-0.2, -0.15) is 0 Å². The van der Waals surface area contributed by atoms with E-state index in [0.717, 1.165) is 9.37 Å². The van der Waals surface area contributed by atoms with Gasteiger partial charge in [0.2, 0.25) is 11.8 Å². The number of fused-ring (bicyclic) bond motifs is 1. The van der Waals surface area contributed by atoms with Crippen molar-refractivity contribution in [3.05, 3.63) is 63.1 Å². The topological polar surface area (TPSA) is 86.8 Å². The highest BCUT2D eigenvalue weighted by Crippen LogP contribution is 2.26. The molecule has 2 aromatic rings. The molecule has 1 N–H and O–H groups in total. The zero-order valence-electron chi connectivity index (χ0n) is 16.2. The standard InChI is InChI=1S/C21H19BrClN3O4/c1-25(12-18(27)24-17-6-3-2-5-16(17)23)19(28)7-4-10-26-20(29)14-9-8-13(22)11-15(14)21(26)30/h2-3,5-6,8-9,11H,4,7,10,12H2,1H3,(H,24,27). The first-order chi connectivity index (χ1) is 14.3. The first-order valence-corrected chi connectivity index (χ1v) is 10.4. The summed E-state index contributed by atoms with van der Waals surface area (Å²) in [7, 11) is 1.52. The summed E-state index contributed by atoms with van der Waals surface area (Å²) in [6.07, 6.45) is 0.412. The van der Waals surface area contributed by atoms with E-state index in [-0.39, 0.29) is 43.1 Å². The van der Waals surface area contributed by atoms with Gasteiger partial charge in [0.15, 0.2) is 0 Å². The molecule has 30 heavy (non-hydrogen) atoms. The molecule has 0 unspecified atom stereocenters. The minimum absolute atomic E-state index is 0.104. The number of amides is 4. The fraction of sp³-hybridized carbons (Fsp3) is 0.238. The summed E-state index contributed by atoms with van der Waals surface area (Å²) in [5, 5.41) is 3.07. The molecule has 0 aliphatic carbocycles. The molecule has 0 bridgehead atoms. The number of halogens is 2. The van der Waals surface area contributed by atoms with Crippen molar-refractivity contribution in [2.45, 2.75) is 12.8 Å². The molecule has 1 heterocycles. The number of anilines is 1. The predicted molar refractivity (Wildman–Crippen MR) is 116 cm³/mol. The van der Waals surface area contributed by atoms with Gasteiger partial charge >= 0.3 is 0 Å². The maximum Gasteiger partial charge on any atom is 0.261 e. The van der Waals surface area contributed by atoms with Gasteiger partial charge in [-0.15, -0.1) is 0 Å². The lowest BCUT2D eigenvalue weighted by Gasteiger charge is -2.18. The van der Waals surface area contributed by atoms with Gasteiger partial charge in [0.1, 0.15) is 0 Å². The highest BCUT2D eigenvalue weighted by atomic mass is 79.9. The Labute approximate surface area is 187 Å². The van der Waals surface area contributed by atoms with Crippen LogP contribution in [0.2, 0.25) is 5.02 Å². The Morgan fingerprint density at radius 3 is 2.53 bits per heavy atom. The van der Waals surface area contributed by atoms with Gasteiger partial charge in [0.05, 0.1) is 28.4 Å². The van der Waals surface area contributed by atoms with E-state index < -0.39 is 0 Å².